The molecule has 0 unspecified atom stereocenters. The third-order valence-electron chi connectivity index (χ3n) is 12.7. The number of carbonyl (C=O) groups is 6. The van der Waals surface area contributed by atoms with Crippen LogP contribution in [0, 0.1) is 0 Å². The van der Waals surface area contributed by atoms with Crippen molar-refractivity contribution in [3.63, 3.8) is 0 Å². The Morgan fingerprint density at radius 2 is 0.642 bits per heavy atom. The molecule has 0 saturated carbocycles. The molecule has 0 saturated heterocycles. The first-order valence-corrected chi connectivity index (χ1v) is 27.4. The summed E-state index contributed by atoms with van der Waals surface area (Å²) < 4.78 is 0. The van der Waals surface area contributed by atoms with Crippen molar-refractivity contribution in [1.82, 2.24) is 26.6 Å². The summed E-state index contributed by atoms with van der Waals surface area (Å²) in [4.78, 5) is 79.7. The predicted octanol–water partition coefficient (Wildman–Crippen LogP) is 7.49. The maximum atomic E-state index is 14.1. The topological polar surface area (TPSA) is 267 Å². The quantitative estimate of drug-likeness (QED) is 0.0273. The van der Waals surface area contributed by atoms with Crippen LogP contribution in [0.5, 0.6) is 0 Å². The standard InChI is InChI=1S/C52H103N9O6/c1-3-5-7-9-11-13-15-17-19-21-23-37-47(62)57-42-32-28-36-44(58-48(63)38-24-22-20-18-16-14-12-10-8-6-4-2)50(65)60-46(35-27-31-41-55)52(67)61-45(34-26-30-40-54)51(66)59-43(49(56)64)33-25-29-39-53/h43-46H,3-42,53-55H2,1-2H3,(H2,56,64)(H,57,62)(H,58,63)(H,59,66)(H,60,65)(H,61,67)/t43-,44-,45-,46-/m0/s1. The summed E-state index contributed by atoms with van der Waals surface area (Å²) in [5.41, 5.74) is 22.8. The van der Waals surface area contributed by atoms with E-state index in [0.29, 0.717) is 103 Å². The largest absolute Gasteiger partial charge is 0.368 e. The molecule has 0 bridgehead atoms. The highest BCUT2D eigenvalue weighted by Crippen LogP contribution is 2.15. The first-order chi connectivity index (χ1) is 32.5. The molecule has 0 radical (unpaired) electrons. The van der Waals surface area contributed by atoms with E-state index in [0.717, 1.165) is 44.9 Å². The van der Waals surface area contributed by atoms with Gasteiger partial charge in [0.25, 0.3) is 0 Å². The predicted molar refractivity (Wildman–Crippen MR) is 275 cm³/mol. The Morgan fingerprint density at radius 3 is 1.00 bits per heavy atom. The van der Waals surface area contributed by atoms with Crippen molar-refractivity contribution in [1.29, 1.82) is 0 Å². The van der Waals surface area contributed by atoms with E-state index in [1.807, 2.05) is 0 Å². The van der Waals surface area contributed by atoms with Gasteiger partial charge in [0.1, 0.15) is 24.2 Å². The van der Waals surface area contributed by atoms with E-state index in [2.05, 4.69) is 40.4 Å². The van der Waals surface area contributed by atoms with Crippen LogP contribution in [-0.2, 0) is 28.8 Å². The monoisotopic (exact) mass is 950 g/mol. The van der Waals surface area contributed by atoms with Crippen LogP contribution >= 0.6 is 0 Å². The average molecular weight is 950 g/mol. The fourth-order valence-corrected chi connectivity index (χ4v) is 8.34. The van der Waals surface area contributed by atoms with Gasteiger partial charge in [-0.05, 0) is 110 Å². The van der Waals surface area contributed by atoms with Crippen molar-refractivity contribution >= 4 is 35.4 Å². The molecule has 0 aromatic carbocycles. The second-order valence-corrected chi connectivity index (χ2v) is 19.0. The number of hydrogen-bond donors (Lipinski definition) is 9. The molecule has 15 heteroatoms. The minimum atomic E-state index is -1.01. The molecule has 0 aliphatic carbocycles. The normalized spacial score (nSPS) is 13.0. The van der Waals surface area contributed by atoms with Crippen molar-refractivity contribution in [2.45, 2.75) is 269 Å². The van der Waals surface area contributed by atoms with Gasteiger partial charge in [0, 0.05) is 19.4 Å². The SMILES string of the molecule is CCCCCCCCCCCCCC(=O)NCCCC[C@H](NC(=O)CCCCCCCCCCCCC)C(=O)N[C@@H](CCCCN)C(=O)N[C@@H](CCCCN)C(=O)N[C@@H](CCCCN)C(N)=O. The Hall–Kier alpha value is -3.30. The zero-order valence-electron chi connectivity index (χ0n) is 42.9. The van der Waals surface area contributed by atoms with Crippen LogP contribution < -0.4 is 49.5 Å². The van der Waals surface area contributed by atoms with Gasteiger partial charge in [-0.3, -0.25) is 28.8 Å². The van der Waals surface area contributed by atoms with Gasteiger partial charge in [0.15, 0.2) is 0 Å². The summed E-state index contributed by atoms with van der Waals surface area (Å²) in [7, 11) is 0. The van der Waals surface area contributed by atoms with Gasteiger partial charge in [0.05, 0.1) is 0 Å². The molecule has 0 aromatic heterocycles. The highest BCUT2D eigenvalue weighted by Gasteiger charge is 2.30. The van der Waals surface area contributed by atoms with Gasteiger partial charge in [-0.15, -0.1) is 0 Å². The minimum absolute atomic E-state index is 0.0311. The number of carbonyl (C=O) groups excluding carboxylic acids is 6. The second kappa shape index (κ2) is 46.4. The molecule has 0 aromatic rings. The molecule has 0 aliphatic rings. The van der Waals surface area contributed by atoms with Gasteiger partial charge in [-0.2, -0.15) is 0 Å². The lowest BCUT2D eigenvalue weighted by Gasteiger charge is -2.26. The first kappa shape index (κ1) is 63.7. The summed E-state index contributed by atoms with van der Waals surface area (Å²) in [5.74, 6) is -2.45. The zero-order chi connectivity index (χ0) is 49.6. The van der Waals surface area contributed by atoms with E-state index in [1.165, 1.54) is 96.3 Å². The summed E-state index contributed by atoms with van der Waals surface area (Å²) in [6.45, 7) is 6.19. The van der Waals surface area contributed by atoms with Crippen molar-refractivity contribution < 1.29 is 28.8 Å². The van der Waals surface area contributed by atoms with Crippen LogP contribution in [0.3, 0.4) is 0 Å². The number of rotatable bonds is 49. The maximum absolute atomic E-state index is 14.1. The van der Waals surface area contributed by atoms with Gasteiger partial charge < -0.3 is 49.5 Å². The van der Waals surface area contributed by atoms with Crippen LogP contribution in [-0.4, -0.2) is 85.8 Å². The smallest absolute Gasteiger partial charge is 0.243 e. The highest BCUT2D eigenvalue weighted by atomic mass is 16.2. The molecule has 0 heterocycles. The van der Waals surface area contributed by atoms with Crippen molar-refractivity contribution in [3.8, 4) is 0 Å². The summed E-state index contributed by atoms with van der Waals surface area (Å²) in [6.07, 6.45) is 33.0. The maximum Gasteiger partial charge on any atom is 0.243 e. The Bertz CT molecular complexity index is 1260. The fraction of sp³-hybridized carbons (Fsp3) is 0.885. The molecule has 67 heavy (non-hydrogen) atoms. The molecular formula is C52H103N9O6. The van der Waals surface area contributed by atoms with Crippen LogP contribution in [0.1, 0.15) is 245 Å². The fourth-order valence-electron chi connectivity index (χ4n) is 8.34. The highest BCUT2D eigenvalue weighted by molar-refractivity contribution is 5.95. The van der Waals surface area contributed by atoms with E-state index >= 15 is 0 Å². The Kier molecular flexibility index (Phi) is 44.1. The molecule has 392 valence electrons. The lowest BCUT2D eigenvalue weighted by molar-refractivity contribution is -0.134. The molecule has 0 rings (SSSR count). The molecule has 0 aliphatic heterocycles. The second-order valence-electron chi connectivity index (χ2n) is 19.0. The molecule has 13 N–H and O–H groups in total. The van der Waals surface area contributed by atoms with Crippen LogP contribution in [0.4, 0.5) is 0 Å². The third-order valence-corrected chi connectivity index (χ3v) is 12.7. The van der Waals surface area contributed by atoms with Gasteiger partial charge in [-0.1, -0.05) is 142 Å². The number of primary amides is 1. The summed E-state index contributed by atoms with van der Waals surface area (Å²) in [6, 6.07) is -3.84. The first-order valence-electron chi connectivity index (χ1n) is 27.4. The van der Waals surface area contributed by atoms with Crippen molar-refractivity contribution in [2.24, 2.45) is 22.9 Å². The molecule has 4 atom stereocenters. The summed E-state index contributed by atoms with van der Waals surface area (Å²) >= 11 is 0. The molecule has 0 spiro atoms. The molecule has 6 amide bonds. The molecule has 0 fully saturated rings. The lowest BCUT2D eigenvalue weighted by Crippen LogP contribution is -2.58. The average Bonchev–Trinajstić information content (AvgIpc) is 3.30. The van der Waals surface area contributed by atoms with Crippen molar-refractivity contribution in [3.05, 3.63) is 0 Å². The number of amides is 6. The number of unbranched alkanes of at least 4 members (excludes halogenated alkanes) is 24. The number of nitrogens with two attached hydrogens (primary N) is 4. The Balaban J connectivity index is 5.58. The summed E-state index contributed by atoms with van der Waals surface area (Å²) in [5, 5.41) is 14.4. The van der Waals surface area contributed by atoms with E-state index < -0.39 is 47.8 Å². The molecule has 15 nitrogen and oxygen atoms in total. The van der Waals surface area contributed by atoms with E-state index in [4.69, 9.17) is 22.9 Å². The van der Waals surface area contributed by atoms with Gasteiger partial charge in [0.2, 0.25) is 35.4 Å². The van der Waals surface area contributed by atoms with Crippen LogP contribution in [0.25, 0.3) is 0 Å². The van der Waals surface area contributed by atoms with E-state index in [9.17, 15) is 28.8 Å². The van der Waals surface area contributed by atoms with Gasteiger partial charge in [-0.25, -0.2) is 0 Å². The minimum Gasteiger partial charge on any atom is -0.368 e. The third kappa shape index (κ3) is 38.3. The van der Waals surface area contributed by atoms with Crippen LogP contribution in [0.15, 0.2) is 0 Å². The van der Waals surface area contributed by atoms with Gasteiger partial charge >= 0.3 is 0 Å². The van der Waals surface area contributed by atoms with Crippen LogP contribution in [0.2, 0.25) is 0 Å². The number of hydrogen-bond acceptors (Lipinski definition) is 9. The van der Waals surface area contributed by atoms with E-state index in [-0.39, 0.29) is 24.7 Å². The lowest BCUT2D eigenvalue weighted by atomic mass is 10.0. The molecular weight excluding hydrogens is 847 g/mol. The van der Waals surface area contributed by atoms with Crippen molar-refractivity contribution in [2.75, 3.05) is 26.2 Å². The Labute approximate surface area is 407 Å². The van der Waals surface area contributed by atoms with E-state index in [1.54, 1.807) is 0 Å². The zero-order valence-corrected chi connectivity index (χ0v) is 42.9. The Morgan fingerprint density at radius 1 is 0.343 bits per heavy atom. The number of nitrogens with one attached hydrogen (secondary N) is 5.